The third kappa shape index (κ3) is 3.88. The summed E-state index contributed by atoms with van der Waals surface area (Å²) >= 11 is 0. The maximum atomic E-state index is 12.1. The molecular weight excluding hydrogens is 274 g/mol. The molecule has 2 aromatic rings. The number of benzene rings is 2. The minimum atomic E-state index is -0.144. The summed E-state index contributed by atoms with van der Waals surface area (Å²) in [5, 5.41) is 2.93. The van der Waals surface area contributed by atoms with Crippen LogP contribution in [0.4, 0.5) is 5.69 Å². The van der Waals surface area contributed by atoms with Crippen molar-refractivity contribution in [2.75, 3.05) is 11.9 Å². The van der Waals surface area contributed by atoms with Crippen LogP contribution in [0.2, 0.25) is 0 Å². The van der Waals surface area contributed by atoms with Crippen LogP contribution < -0.4 is 10.1 Å². The molecule has 0 atom stereocenters. The van der Waals surface area contributed by atoms with Crippen LogP contribution in [0.3, 0.4) is 0 Å². The van der Waals surface area contributed by atoms with Crippen LogP contribution in [0.25, 0.3) is 0 Å². The van der Waals surface area contributed by atoms with E-state index in [0.717, 1.165) is 28.1 Å². The Bertz CT molecular complexity index is 662. The van der Waals surface area contributed by atoms with E-state index in [1.54, 1.807) is 0 Å². The summed E-state index contributed by atoms with van der Waals surface area (Å²) < 4.78 is 5.64. The van der Waals surface area contributed by atoms with Gasteiger partial charge in [-0.1, -0.05) is 44.2 Å². The molecule has 0 heterocycles. The Kier molecular flexibility index (Phi) is 5.21. The van der Waals surface area contributed by atoms with Crippen LogP contribution in [0, 0.1) is 13.8 Å². The van der Waals surface area contributed by atoms with Gasteiger partial charge in [0.05, 0.1) is 0 Å². The number of anilines is 1. The summed E-state index contributed by atoms with van der Waals surface area (Å²) in [7, 11) is 0. The Balaban J connectivity index is 2.01. The summed E-state index contributed by atoms with van der Waals surface area (Å²) in [5.41, 5.74) is 4.20. The molecule has 2 rings (SSSR count). The molecule has 0 radical (unpaired) electrons. The van der Waals surface area contributed by atoms with Gasteiger partial charge in [0.2, 0.25) is 0 Å². The van der Waals surface area contributed by atoms with Gasteiger partial charge in [0.25, 0.3) is 5.91 Å². The second-order valence-electron chi connectivity index (χ2n) is 5.78. The average Bonchev–Trinajstić information content (AvgIpc) is 2.49. The lowest BCUT2D eigenvalue weighted by Gasteiger charge is -2.14. The molecule has 3 heteroatoms. The van der Waals surface area contributed by atoms with Gasteiger partial charge in [0.1, 0.15) is 5.75 Å². The van der Waals surface area contributed by atoms with Gasteiger partial charge in [-0.05, 0) is 48.6 Å². The summed E-state index contributed by atoms with van der Waals surface area (Å²) in [6.45, 7) is 8.25. The predicted molar refractivity (Wildman–Crippen MR) is 90.6 cm³/mol. The summed E-state index contributed by atoms with van der Waals surface area (Å²) in [5.74, 6) is 0.970. The molecule has 22 heavy (non-hydrogen) atoms. The molecule has 0 spiro atoms. The van der Waals surface area contributed by atoms with Crippen LogP contribution >= 0.6 is 0 Å². The number of aryl methyl sites for hydroxylation is 1. The van der Waals surface area contributed by atoms with Crippen molar-refractivity contribution in [2.24, 2.45) is 0 Å². The molecular formula is C19H23NO2. The van der Waals surface area contributed by atoms with Gasteiger partial charge in [-0.25, -0.2) is 0 Å². The van der Waals surface area contributed by atoms with Crippen LogP contribution in [-0.4, -0.2) is 12.5 Å². The molecule has 3 nitrogen and oxygen atoms in total. The molecule has 0 bridgehead atoms. The normalized spacial score (nSPS) is 10.6. The fourth-order valence-corrected chi connectivity index (χ4v) is 2.32. The maximum Gasteiger partial charge on any atom is 0.262 e. The minimum absolute atomic E-state index is 0.0106. The van der Waals surface area contributed by atoms with Crippen molar-refractivity contribution < 1.29 is 9.53 Å². The number of nitrogens with one attached hydrogen (secondary N) is 1. The van der Waals surface area contributed by atoms with Crippen molar-refractivity contribution >= 4 is 11.6 Å². The zero-order valence-electron chi connectivity index (χ0n) is 13.6. The Morgan fingerprint density at radius 3 is 2.55 bits per heavy atom. The molecule has 1 amide bonds. The van der Waals surface area contributed by atoms with Crippen molar-refractivity contribution in [1.29, 1.82) is 0 Å². The quantitative estimate of drug-likeness (QED) is 0.885. The number of carbonyl (C=O) groups is 1. The number of carbonyl (C=O) groups excluding carboxylic acids is 1. The van der Waals surface area contributed by atoms with Crippen LogP contribution in [0.1, 0.15) is 36.5 Å². The lowest BCUT2D eigenvalue weighted by molar-refractivity contribution is -0.118. The van der Waals surface area contributed by atoms with E-state index in [2.05, 4.69) is 19.2 Å². The number of hydrogen-bond donors (Lipinski definition) is 1. The Labute approximate surface area is 132 Å². The molecule has 2 aromatic carbocycles. The highest BCUT2D eigenvalue weighted by Crippen LogP contribution is 2.24. The van der Waals surface area contributed by atoms with Gasteiger partial charge < -0.3 is 10.1 Å². The molecule has 0 saturated carbocycles. The van der Waals surface area contributed by atoms with E-state index >= 15 is 0 Å². The van der Waals surface area contributed by atoms with Crippen molar-refractivity contribution in [2.45, 2.75) is 33.6 Å². The molecule has 116 valence electrons. The highest BCUT2D eigenvalue weighted by atomic mass is 16.5. The van der Waals surface area contributed by atoms with Crippen LogP contribution in [0.5, 0.6) is 5.75 Å². The van der Waals surface area contributed by atoms with Crippen molar-refractivity contribution in [3.8, 4) is 5.75 Å². The fourth-order valence-electron chi connectivity index (χ4n) is 2.32. The van der Waals surface area contributed by atoms with Gasteiger partial charge in [-0.2, -0.15) is 0 Å². The average molecular weight is 297 g/mol. The minimum Gasteiger partial charge on any atom is -0.483 e. The van der Waals surface area contributed by atoms with E-state index in [-0.39, 0.29) is 12.5 Å². The largest absolute Gasteiger partial charge is 0.483 e. The van der Waals surface area contributed by atoms with E-state index in [1.807, 2.05) is 56.3 Å². The SMILES string of the molecule is Cc1cccc(OCC(=O)Nc2ccccc2C(C)C)c1C. The Hall–Kier alpha value is -2.29. The van der Waals surface area contributed by atoms with Gasteiger partial charge >= 0.3 is 0 Å². The second-order valence-corrected chi connectivity index (χ2v) is 5.78. The first-order chi connectivity index (χ1) is 10.5. The zero-order chi connectivity index (χ0) is 16.1. The van der Waals surface area contributed by atoms with E-state index in [0.29, 0.717) is 5.92 Å². The molecule has 1 N–H and O–H groups in total. The molecule has 0 aliphatic heterocycles. The van der Waals surface area contributed by atoms with Gasteiger partial charge in [0, 0.05) is 5.69 Å². The standard InChI is InChI=1S/C19H23NO2/c1-13(2)16-9-5-6-10-17(16)20-19(21)12-22-18-11-7-8-14(3)15(18)4/h5-11,13H,12H2,1-4H3,(H,20,21). The van der Waals surface area contributed by atoms with Gasteiger partial charge in [-0.15, -0.1) is 0 Å². The Morgan fingerprint density at radius 2 is 1.82 bits per heavy atom. The first-order valence-corrected chi connectivity index (χ1v) is 7.57. The molecule has 0 aliphatic rings. The van der Waals surface area contributed by atoms with Crippen molar-refractivity contribution in [3.05, 3.63) is 59.2 Å². The highest BCUT2D eigenvalue weighted by Gasteiger charge is 2.10. The van der Waals surface area contributed by atoms with Crippen LogP contribution in [0.15, 0.2) is 42.5 Å². The fraction of sp³-hybridized carbons (Fsp3) is 0.316. The summed E-state index contributed by atoms with van der Waals surface area (Å²) in [6, 6.07) is 13.7. The van der Waals surface area contributed by atoms with Crippen LogP contribution in [-0.2, 0) is 4.79 Å². The number of amides is 1. The monoisotopic (exact) mass is 297 g/mol. The maximum absolute atomic E-state index is 12.1. The molecule has 0 unspecified atom stereocenters. The van der Waals surface area contributed by atoms with E-state index in [9.17, 15) is 4.79 Å². The summed E-state index contributed by atoms with van der Waals surface area (Å²) in [4.78, 5) is 12.1. The molecule has 0 aromatic heterocycles. The lowest BCUT2D eigenvalue weighted by atomic mass is 10.0. The molecule has 0 saturated heterocycles. The second kappa shape index (κ2) is 7.12. The molecule has 0 fully saturated rings. The van der Waals surface area contributed by atoms with Crippen molar-refractivity contribution in [3.63, 3.8) is 0 Å². The van der Waals surface area contributed by atoms with E-state index in [4.69, 9.17) is 4.74 Å². The predicted octanol–water partition coefficient (Wildman–Crippen LogP) is 4.44. The lowest BCUT2D eigenvalue weighted by Crippen LogP contribution is -2.21. The molecule has 0 aliphatic carbocycles. The van der Waals surface area contributed by atoms with Gasteiger partial charge in [0.15, 0.2) is 6.61 Å². The van der Waals surface area contributed by atoms with Gasteiger partial charge in [-0.3, -0.25) is 4.79 Å². The number of ether oxygens (including phenoxy) is 1. The summed E-state index contributed by atoms with van der Waals surface area (Å²) in [6.07, 6.45) is 0. The topological polar surface area (TPSA) is 38.3 Å². The first-order valence-electron chi connectivity index (χ1n) is 7.57. The number of rotatable bonds is 5. The zero-order valence-corrected chi connectivity index (χ0v) is 13.6. The smallest absolute Gasteiger partial charge is 0.262 e. The third-order valence-corrected chi connectivity index (χ3v) is 3.77. The number of para-hydroxylation sites is 1. The van der Waals surface area contributed by atoms with E-state index < -0.39 is 0 Å². The van der Waals surface area contributed by atoms with E-state index in [1.165, 1.54) is 0 Å². The van der Waals surface area contributed by atoms with Crippen molar-refractivity contribution in [1.82, 2.24) is 0 Å². The third-order valence-electron chi connectivity index (χ3n) is 3.77. The first kappa shape index (κ1) is 16.1. The Morgan fingerprint density at radius 1 is 1.09 bits per heavy atom. The highest BCUT2D eigenvalue weighted by molar-refractivity contribution is 5.92. The number of hydrogen-bond acceptors (Lipinski definition) is 2.